The van der Waals surface area contributed by atoms with E-state index in [4.69, 9.17) is 0 Å². The average Bonchev–Trinajstić information content (AvgIpc) is 3.16. The van der Waals surface area contributed by atoms with E-state index < -0.39 is 0 Å². The molecule has 2 fully saturated rings. The molecule has 144 valence electrons. The quantitative estimate of drug-likeness (QED) is 0.807. The fourth-order valence-electron chi connectivity index (χ4n) is 3.43. The summed E-state index contributed by atoms with van der Waals surface area (Å²) < 4.78 is 0. The van der Waals surface area contributed by atoms with Crippen molar-refractivity contribution in [2.45, 2.75) is 32.4 Å². The molecule has 2 saturated heterocycles. The Kier molecular flexibility index (Phi) is 7.87. The normalized spacial score (nSPS) is 20.5. The maximum Gasteiger partial charge on any atom is 0.253 e. The number of piperazine rings is 1. The van der Waals surface area contributed by atoms with E-state index in [1.165, 1.54) is 0 Å². The van der Waals surface area contributed by atoms with Gasteiger partial charge < -0.3 is 15.5 Å². The largest absolute Gasteiger partial charge is 0.351 e. The van der Waals surface area contributed by atoms with E-state index in [1.54, 1.807) is 0 Å². The molecule has 3 rings (SSSR count). The van der Waals surface area contributed by atoms with E-state index in [1.807, 2.05) is 29.2 Å². The fourth-order valence-corrected chi connectivity index (χ4v) is 3.43. The third kappa shape index (κ3) is 5.43. The Morgan fingerprint density at radius 1 is 1.15 bits per heavy atom. The summed E-state index contributed by atoms with van der Waals surface area (Å²) in [7, 11) is 0. The Balaban J connectivity index is 0.00000243. The van der Waals surface area contributed by atoms with Crippen molar-refractivity contribution in [1.82, 2.24) is 20.4 Å². The molecular formula is C19H29ClN4O2. The SMILES string of the molecule is C[C@@H]1CNCCN1CC(=O)NCc1ccc(C(=O)N2CCCC2)cc1.Cl. The predicted octanol–water partition coefficient (Wildman–Crippen LogP) is 1.25. The van der Waals surface area contributed by atoms with E-state index in [0.717, 1.165) is 56.7 Å². The van der Waals surface area contributed by atoms with Gasteiger partial charge in [0.2, 0.25) is 5.91 Å². The van der Waals surface area contributed by atoms with Crippen LogP contribution >= 0.6 is 12.4 Å². The number of rotatable bonds is 5. The minimum atomic E-state index is 0. The van der Waals surface area contributed by atoms with Crippen molar-refractivity contribution in [3.8, 4) is 0 Å². The van der Waals surface area contributed by atoms with Crippen LogP contribution in [0.4, 0.5) is 0 Å². The molecule has 0 aromatic heterocycles. The van der Waals surface area contributed by atoms with Gasteiger partial charge in [0.05, 0.1) is 6.54 Å². The topological polar surface area (TPSA) is 64.7 Å². The van der Waals surface area contributed by atoms with Gasteiger partial charge in [-0.1, -0.05) is 12.1 Å². The van der Waals surface area contributed by atoms with Crippen LogP contribution in [0.5, 0.6) is 0 Å². The maximum atomic E-state index is 12.3. The van der Waals surface area contributed by atoms with Gasteiger partial charge in [0.25, 0.3) is 5.91 Å². The molecule has 0 unspecified atom stereocenters. The van der Waals surface area contributed by atoms with Crippen LogP contribution in [0.1, 0.15) is 35.7 Å². The minimum Gasteiger partial charge on any atom is -0.351 e. The van der Waals surface area contributed by atoms with Gasteiger partial charge in [-0.25, -0.2) is 0 Å². The molecule has 2 N–H and O–H groups in total. The molecule has 2 aliphatic heterocycles. The molecule has 7 heteroatoms. The van der Waals surface area contributed by atoms with Crippen LogP contribution in [0.2, 0.25) is 0 Å². The molecule has 0 spiro atoms. The van der Waals surface area contributed by atoms with E-state index in [2.05, 4.69) is 22.5 Å². The first-order valence-corrected chi connectivity index (χ1v) is 9.23. The van der Waals surface area contributed by atoms with E-state index in [-0.39, 0.29) is 24.2 Å². The first-order chi connectivity index (χ1) is 12.1. The van der Waals surface area contributed by atoms with Crippen LogP contribution in [-0.4, -0.2) is 66.9 Å². The highest BCUT2D eigenvalue weighted by molar-refractivity contribution is 5.94. The van der Waals surface area contributed by atoms with Gasteiger partial charge in [-0.15, -0.1) is 12.4 Å². The highest BCUT2D eigenvalue weighted by Gasteiger charge is 2.20. The molecule has 1 atom stereocenters. The molecule has 2 amide bonds. The van der Waals surface area contributed by atoms with Crippen molar-refractivity contribution in [3.63, 3.8) is 0 Å². The van der Waals surface area contributed by atoms with Crippen LogP contribution in [-0.2, 0) is 11.3 Å². The van der Waals surface area contributed by atoms with Gasteiger partial charge in [0.1, 0.15) is 0 Å². The number of nitrogens with one attached hydrogen (secondary N) is 2. The Hall–Kier alpha value is -1.63. The number of likely N-dealkylation sites (tertiary alicyclic amines) is 1. The summed E-state index contributed by atoms with van der Waals surface area (Å²) in [6.07, 6.45) is 2.20. The molecule has 1 aromatic carbocycles. The Labute approximate surface area is 161 Å². The van der Waals surface area contributed by atoms with Crippen molar-refractivity contribution in [3.05, 3.63) is 35.4 Å². The zero-order valence-electron chi connectivity index (χ0n) is 15.4. The smallest absolute Gasteiger partial charge is 0.253 e. The van der Waals surface area contributed by atoms with Crippen molar-refractivity contribution in [2.75, 3.05) is 39.3 Å². The standard InChI is InChI=1S/C19H28N4O2.ClH/c1-15-12-20-8-11-23(15)14-18(24)21-13-16-4-6-17(7-5-16)19(25)22-9-2-3-10-22;/h4-7,15,20H,2-3,8-14H2,1H3,(H,21,24);1H/t15-;/m1./s1. The van der Waals surface area contributed by atoms with E-state index >= 15 is 0 Å². The number of halogens is 1. The summed E-state index contributed by atoms with van der Waals surface area (Å²) in [5, 5.41) is 6.30. The minimum absolute atomic E-state index is 0. The lowest BCUT2D eigenvalue weighted by molar-refractivity contribution is -0.123. The zero-order valence-corrected chi connectivity index (χ0v) is 16.2. The molecule has 1 aromatic rings. The van der Waals surface area contributed by atoms with Crippen LogP contribution in [0.3, 0.4) is 0 Å². The number of carbonyl (C=O) groups excluding carboxylic acids is 2. The van der Waals surface area contributed by atoms with Crippen LogP contribution in [0.25, 0.3) is 0 Å². The fraction of sp³-hybridized carbons (Fsp3) is 0.579. The van der Waals surface area contributed by atoms with Gasteiger partial charge in [-0.2, -0.15) is 0 Å². The van der Waals surface area contributed by atoms with Crippen LogP contribution < -0.4 is 10.6 Å². The summed E-state index contributed by atoms with van der Waals surface area (Å²) >= 11 is 0. The Morgan fingerprint density at radius 3 is 2.50 bits per heavy atom. The van der Waals surface area contributed by atoms with Crippen LogP contribution in [0.15, 0.2) is 24.3 Å². The second-order valence-electron chi connectivity index (χ2n) is 7.00. The summed E-state index contributed by atoms with van der Waals surface area (Å²) in [4.78, 5) is 28.6. The molecule has 0 radical (unpaired) electrons. The second kappa shape index (κ2) is 9.90. The van der Waals surface area contributed by atoms with Crippen molar-refractivity contribution in [2.24, 2.45) is 0 Å². The highest BCUT2D eigenvalue weighted by Crippen LogP contribution is 2.13. The molecule has 0 saturated carbocycles. The van der Waals surface area contributed by atoms with Gasteiger partial charge in [-0.3, -0.25) is 14.5 Å². The number of nitrogens with zero attached hydrogens (tertiary/aromatic N) is 2. The molecule has 0 bridgehead atoms. The number of hydrogen-bond donors (Lipinski definition) is 2. The van der Waals surface area contributed by atoms with Crippen LogP contribution in [0, 0.1) is 0 Å². The molecular weight excluding hydrogens is 352 g/mol. The van der Waals surface area contributed by atoms with E-state index in [0.29, 0.717) is 19.1 Å². The van der Waals surface area contributed by atoms with Crippen molar-refractivity contribution >= 4 is 24.2 Å². The first-order valence-electron chi connectivity index (χ1n) is 9.23. The molecule has 2 heterocycles. The molecule has 2 aliphatic rings. The summed E-state index contributed by atoms with van der Waals surface area (Å²) in [5.41, 5.74) is 1.74. The summed E-state index contributed by atoms with van der Waals surface area (Å²) in [6, 6.07) is 7.96. The monoisotopic (exact) mass is 380 g/mol. The lowest BCUT2D eigenvalue weighted by Gasteiger charge is -2.33. The van der Waals surface area contributed by atoms with Crippen molar-refractivity contribution in [1.29, 1.82) is 0 Å². The van der Waals surface area contributed by atoms with Gasteiger partial charge in [-0.05, 0) is 37.5 Å². The molecule has 26 heavy (non-hydrogen) atoms. The third-order valence-electron chi connectivity index (χ3n) is 5.07. The summed E-state index contributed by atoms with van der Waals surface area (Å²) in [6.45, 7) is 7.56. The summed E-state index contributed by atoms with van der Waals surface area (Å²) in [5.74, 6) is 0.159. The zero-order chi connectivity index (χ0) is 17.6. The average molecular weight is 381 g/mol. The lowest BCUT2D eigenvalue weighted by atomic mass is 10.1. The Bertz CT molecular complexity index is 602. The lowest BCUT2D eigenvalue weighted by Crippen LogP contribution is -2.52. The van der Waals surface area contributed by atoms with Gasteiger partial charge in [0.15, 0.2) is 0 Å². The Morgan fingerprint density at radius 2 is 1.85 bits per heavy atom. The van der Waals surface area contributed by atoms with Gasteiger partial charge >= 0.3 is 0 Å². The predicted molar refractivity (Wildman–Crippen MR) is 105 cm³/mol. The maximum absolute atomic E-state index is 12.3. The van der Waals surface area contributed by atoms with Gasteiger partial charge in [0, 0.05) is 50.9 Å². The second-order valence-corrected chi connectivity index (χ2v) is 7.00. The molecule has 6 nitrogen and oxygen atoms in total. The number of carbonyl (C=O) groups is 2. The third-order valence-corrected chi connectivity index (χ3v) is 5.07. The first kappa shape index (κ1) is 20.7. The number of hydrogen-bond acceptors (Lipinski definition) is 4. The van der Waals surface area contributed by atoms with E-state index in [9.17, 15) is 9.59 Å². The number of benzene rings is 1. The highest BCUT2D eigenvalue weighted by atomic mass is 35.5. The molecule has 0 aliphatic carbocycles. The number of amides is 2. The van der Waals surface area contributed by atoms with Crippen molar-refractivity contribution < 1.29 is 9.59 Å².